The number of thioether (sulfide) groups is 1. The lowest BCUT2D eigenvalue weighted by atomic mass is 10.2. The highest BCUT2D eigenvalue weighted by Gasteiger charge is 2.03. The molecular formula is C13H19NOS. The lowest BCUT2D eigenvalue weighted by Crippen LogP contribution is -2.14. The molecule has 0 saturated carbocycles. The number of carbonyl (C=O) groups is 1. The second kappa shape index (κ2) is 6.59. The summed E-state index contributed by atoms with van der Waals surface area (Å²) < 4.78 is 0. The Hall–Kier alpha value is -0.960. The van der Waals surface area contributed by atoms with Crippen LogP contribution < -0.4 is 5.32 Å². The van der Waals surface area contributed by atoms with E-state index in [0.29, 0.717) is 11.7 Å². The zero-order valence-electron chi connectivity index (χ0n) is 10.1. The average molecular weight is 237 g/mol. The molecule has 0 fully saturated rings. The number of benzene rings is 1. The van der Waals surface area contributed by atoms with Crippen LogP contribution in [0.2, 0.25) is 0 Å². The van der Waals surface area contributed by atoms with Crippen molar-refractivity contribution in [2.45, 2.75) is 20.8 Å². The van der Waals surface area contributed by atoms with Crippen molar-refractivity contribution in [3.63, 3.8) is 0 Å². The Bertz CT molecular complexity index is 332. The molecule has 0 radical (unpaired) electrons. The van der Waals surface area contributed by atoms with Gasteiger partial charge in [0.25, 0.3) is 0 Å². The van der Waals surface area contributed by atoms with Crippen LogP contribution in [0.25, 0.3) is 0 Å². The van der Waals surface area contributed by atoms with E-state index in [-0.39, 0.29) is 5.91 Å². The third-order valence-electron chi connectivity index (χ3n) is 2.02. The van der Waals surface area contributed by atoms with Crippen molar-refractivity contribution in [1.29, 1.82) is 0 Å². The molecule has 1 aromatic carbocycles. The number of hydrogen-bond donors (Lipinski definition) is 1. The molecule has 1 aromatic rings. The van der Waals surface area contributed by atoms with Crippen LogP contribution in [-0.4, -0.2) is 17.4 Å². The fourth-order valence-electron chi connectivity index (χ4n) is 1.22. The van der Waals surface area contributed by atoms with Crippen LogP contribution in [0.1, 0.15) is 19.4 Å². The van der Waals surface area contributed by atoms with E-state index in [0.717, 1.165) is 11.4 Å². The molecule has 0 unspecified atom stereocenters. The average Bonchev–Trinajstić information content (AvgIpc) is 2.21. The predicted octanol–water partition coefficient (Wildman–Crippen LogP) is 3.32. The first-order valence-electron chi connectivity index (χ1n) is 5.52. The summed E-state index contributed by atoms with van der Waals surface area (Å²) in [6, 6.07) is 7.86. The Labute approximate surface area is 102 Å². The molecule has 1 N–H and O–H groups in total. The van der Waals surface area contributed by atoms with E-state index in [4.69, 9.17) is 0 Å². The molecule has 0 aliphatic rings. The lowest BCUT2D eigenvalue weighted by molar-refractivity contribution is -0.113. The van der Waals surface area contributed by atoms with Crippen molar-refractivity contribution in [2.24, 2.45) is 5.92 Å². The van der Waals surface area contributed by atoms with Crippen LogP contribution in [0.5, 0.6) is 0 Å². The minimum absolute atomic E-state index is 0.0782. The highest BCUT2D eigenvalue weighted by atomic mass is 32.2. The van der Waals surface area contributed by atoms with Gasteiger partial charge >= 0.3 is 0 Å². The maximum absolute atomic E-state index is 11.5. The number of rotatable bonds is 5. The van der Waals surface area contributed by atoms with E-state index < -0.39 is 0 Å². The van der Waals surface area contributed by atoms with Gasteiger partial charge in [0.2, 0.25) is 5.91 Å². The highest BCUT2D eigenvalue weighted by molar-refractivity contribution is 7.99. The summed E-state index contributed by atoms with van der Waals surface area (Å²) in [5, 5.41) is 2.88. The predicted molar refractivity (Wildman–Crippen MR) is 72.0 cm³/mol. The molecule has 0 atom stereocenters. The fraction of sp³-hybridized carbons (Fsp3) is 0.462. The van der Waals surface area contributed by atoms with Crippen LogP contribution in [-0.2, 0) is 4.79 Å². The molecular weight excluding hydrogens is 218 g/mol. The van der Waals surface area contributed by atoms with Crippen molar-refractivity contribution in [3.8, 4) is 0 Å². The van der Waals surface area contributed by atoms with Gasteiger partial charge in [0.1, 0.15) is 0 Å². The molecule has 88 valence electrons. The maximum Gasteiger partial charge on any atom is 0.234 e. The van der Waals surface area contributed by atoms with E-state index in [2.05, 4.69) is 19.2 Å². The molecule has 0 aliphatic carbocycles. The largest absolute Gasteiger partial charge is 0.325 e. The first-order valence-corrected chi connectivity index (χ1v) is 6.67. The molecule has 1 amide bonds. The molecule has 0 bridgehead atoms. The first kappa shape index (κ1) is 13.1. The molecule has 0 saturated heterocycles. The molecule has 3 heteroatoms. The van der Waals surface area contributed by atoms with Crippen LogP contribution in [0, 0.1) is 12.8 Å². The van der Waals surface area contributed by atoms with Gasteiger partial charge in [-0.05, 0) is 30.7 Å². The molecule has 16 heavy (non-hydrogen) atoms. The summed E-state index contributed by atoms with van der Waals surface area (Å²) in [5.41, 5.74) is 2.08. The second-order valence-electron chi connectivity index (χ2n) is 4.32. The van der Waals surface area contributed by atoms with Gasteiger partial charge in [-0.2, -0.15) is 11.8 Å². The van der Waals surface area contributed by atoms with Crippen molar-refractivity contribution < 1.29 is 4.79 Å². The number of hydrogen-bond acceptors (Lipinski definition) is 2. The van der Waals surface area contributed by atoms with Gasteiger partial charge in [0.15, 0.2) is 0 Å². The van der Waals surface area contributed by atoms with E-state index in [1.807, 2.05) is 31.2 Å². The summed E-state index contributed by atoms with van der Waals surface area (Å²) in [5.74, 6) is 2.28. The Balaban J connectivity index is 2.31. The molecule has 0 heterocycles. The summed E-state index contributed by atoms with van der Waals surface area (Å²) in [7, 11) is 0. The lowest BCUT2D eigenvalue weighted by Gasteiger charge is -2.06. The van der Waals surface area contributed by atoms with E-state index in [1.54, 1.807) is 11.8 Å². The number of anilines is 1. The number of nitrogens with one attached hydrogen (secondary N) is 1. The number of aryl methyl sites for hydroxylation is 1. The molecule has 0 aliphatic heterocycles. The van der Waals surface area contributed by atoms with Gasteiger partial charge in [-0.3, -0.25) is 4.79 Å². The summed E-state index contributed by atoms with van der Waals surface area (Å²) in [6.07, 6.45) is 0. The molecule has 0 spiro atoms. The number of amides is 1. The van der Waals surface area contributed by atoms with E-state index >= 15 is 0 Å². The first-order chi connectivity index (χ1) is 7.58. The van der Waals surface area contributed by atoms with Crippen molar-refractivity contribution in [3.05, 3.63) is 29.8 Å². The van der Waals surface area contributed by atoms with Gasteiger partial charge in [-0.15, -0.1) is 0 Å². The second-order valence-corrected chi connectivity index (χ2v) is 5.35. The highest BCUT2D eigenvalue weighted by Crippen LogP contribution is 2.11. The van der Waals surface area contributed by atoms with Crippen molar-refractivity contribution in [2.75, 3.05) is 16.8 Å². The normalized spacial score (nSPS) is 10.5. The monoisotopic (exact) mass is 237 g/mol. The van der Waals surface area contributed by atoms with Crippen LogP contribution in [0.3, 0.4) is 0 Å². The molecule has 2 nitrogen and oxygen atoms in total. The SMILES string of the molecule is Cc1ccc(NC(=O)CSCC(C)C)cc1. The van der Waals surface area contributed by atoms with Gasteiger partial charge < -0.3 is 5.32 Å². The quantitative estimate of drug-likeness (QED) is 0.851. The molecule has 0 aromatic heterocycles. The van der Waals surface area contributed by atoms with Crippen LogP contribution in [0.15, 0.2) is 24.3 Å². The van der Waals surface area contributed by atoms with Gasteiger partial charge in [-0.1, -0.05) is 31.5 Å². The van der Waals surface area contributed by atoms with Crippen molar-refractivity contribution in [1.82, 2.24) is 0 Å². The number of carbonyl (C=O) groups excluding carboxylic acids is 1. The third kappa shape index (κ3) is 5.21. The fourth-order valence-corrected chi connectivity index (χ4v) is 2.07. The summed E-state index contributed by atoms with van der Waals surface area (Å²) >= 11 is 1.68. The summed E-state index contributed by atoms with van der Waals surface area (Å²) in [4.78, 5) is 11.5. The third-order valence-corrected chi connectivity index (χ3v) is 3.39. The Morgan fingerprint density at radius 3 is 2.50 bits per heavy atom. The zero-order chi connectivity index (χ0) is 12.0. The van der Waals surface area contributed by atoms with Gasteiger partial charge in [0, 0.05) is 5.69 Å². The van der Waals surface area contributed by atoms with E-state index in [9.17, 15) is 4.79 Å². The van der Waals surface area contributed by atoms with Crippen LogP contribution >= 0.6 is 11.8 Å². The maximum atomic E-state index is 11.5. The summed E-state index contributed by atoms with van der Waals surface area (Å²) in [6.45, 7) is 6.35. The molecule has 1 rings (SSSR count). The Morgan fingerprint density at radius 1 is 1.31 bits per heavy atom. The minimum atomic E-state index is 0.0782. The Morgan fingerprint density at radius 2 is 1.94 bits per heavy atom. The minimum Gasteiger partial charge on any atom is -0.325 e. The van der Waals surface area contributed by atoms with Gasteiger partial charge in [-0.25, -0.2) is 0 Å². The standard InChI is InChI=1S/C13H19NOS/c1-10(2)8-16-9-13(15)14-12-6-4-11(3)5-7-12/h4-7,10H,8-9H2,1-3H3,(H,14,15). The smallest absolute Gasteiger partial charge is 0.234 e. The van der Waals surface area contributed by atoms with E-state index in [1.165, 1.54) is 5.56 Å². The van der Waals surface area contributed by atoms with Gasteiger partial charge in [0.05, 0.1) is 5.75 Å². The van der Waals surface area contributed by atoms with Crippen LogP contribution in [0.4, 0.5) is 5.69 Å². The van der Waals surface area contributed by atoms with Crippen molar-refractivity contribution >= 4 is 23.4 Å². The topological polar surface area (TPSA) is 29.1 Å². The zero-order valence-corrected chi connectivity index (χ0v) is 10.9. The Kier molecular flexibility index (Phi) is 5.39.